The second-order valence-corrected chi connectivity index (χ2v) is 4.01. The van der Waals surface area contributed by atoms with Crippen LogP contribution in [0.25, 0.3) is 0 Å². The van der Waals surface area contributed by atoms with Crippen molar-refractivity contribution in [1.29, 1.82) is 0 Å². The van der Waals surface area contributed by atoms with Crippen LogP contribution in [0.2, 0.25) is 0 Å². The van der Waals surface area contributed by atoms with Crippen molar-refractivity contribution in [3.05, 3.63) is 17.6 Å². The number of aromatic carboxylic acids is 1. The summed E-state index contributed by atoms with van der Waals surface area (Å²) in [5.74, 6) is -0.664. The average molecular weight is 237 g/mol. The minimum atomic E-state index is -1.07. The first kappa shape index (κ1) is 11.8. The van der Waals surface area contributed by atoms with Crippen molar-refractivity contribution in [2.75, 3.05) is 13.1 Å². The molecule has 1 aromatic rings. The Kier molecular flexibility index (Phi) is 3.53. The minimum Gasteiger partial charge on any atom is -0.476 e. The predicted molar refractivity (Wildman–Crippen MR) is 60.2 cm³/mol. The third kappa shape index (κ3) is 2.91. The number of hydrogen-bond acceptors (Lipinski definition) is 5. The summed E-state index contributed by atoms with van der Waals surface area (Å²) in [5.41, 5.74) is 0.353. The SMILES string of the molecule is Cc1nc(OC2CCNCC2)cnc1C(=O)O. The smallest absolute Gasteiger partial charge is 0.356 e. The number of aromatic nitrogens is 2. The standard InChI is InChI=1S/C11H15N3O3/c1-7-10(11(15)16)13-6-9(14-7)17-8-2-4-12-5-3-8/h6,8,12H,2-5H2,1H3,(H,15,16). The van der Waals surface area contributed by atoms with Crippen LogP contribution >= 0.6 is 0 Å². The van der Waals surface area contributed by atoms with Crippen LogP contribution in [0.1, 0.15) is 29.0 Å². The number of nitrogens with one attached hydrogen (secondary N) is 1. The highest BCUT2D eigenvalue weighted by molar-refractivity contribution is 5.86. The van der Waals surface area contributed by atoms with E-state index < -0.39 is 5.97 Å². The Hall–Kier alpha value is -1.69. The number of nitrogens with zero attached hydrogens (tertiary/aromatic N) is 2. The van der Waals surface area contributed by atoms with Gasteiger partial charge in [0.05, 0.1) is 11.9 Å². The highest BCUT2D eigenvalue weighted by atomic mass is 16.5. The Balaban J connectivity index is 2.06. The molecule has 1 aliphatic rings. The Morgan fingerprint density at radius 3 is 2.82 bits per heavy atom. The van der Waals surface area contributed by atoms with Crippen LogP contribution in [0.15, 0.2) is 6.20 Å². The fourth-order valence-electron chi connectivity index (χ4n) is 1.81. The van der Waals surface area contributed by atoms with Gasteiger partial charge in [-0.05, 0) is 32.9 Å². The van der Waals surface area contributed by atoms with Gasteiger partial charge < -0.3 is 15.2 Å². The lowest BCUT2D eigenvalue weighted by molar-refractivity contribution is 0.0688. The topological polar surface area (TPSA) is 84.3 Å². The van der Waals surface area contributed by atoms with Crippen molar-refractivity contribution in [2.24, 2.45) is 0 Å². The summed E-state index contributed by atoms with van der Waals surface area (Å²) in [6.45, 7) is 3.49. The summed E-state index contributed by atoms with van der Waals surface area (Å²) in [5, 5.41) is 12.1. The molecule has 1 fully saturated rings. The molecular weight excluding hydrogens is 222 g/mol. The molecule has 0 saturated carbocycles. The molecule has 6 nitrogen and oxygen atoms in total. The van der Waals surface area contributed by atoms with Crippen molar-refractivity contribution in [2.45, 2.75) is 25.9 Å². The fraction of sp³-hybridized carbons (Fsp3) is 0.545. The van der Waals surface area contributed by atoms with Crippen LogP contribution in [0.5, 0.6) is 5.88 Å². The Morgan fingerprint density at radius 2 is 2.24 bits per heavy atom. The number of carbonyl (C=O) groups is 1. The molecule has 0 atom stereocenters. The molecule has 2 N–H and O–H groups in total. The van der Waals surface area contributed by atoms with E-state index in [9.17, 15) is 4.79 Å². The molecule has 1 saturated heterocycles. The summed E-state index contributed by atoms with van der Waals surface area (Å²) in [6.07, 6.45) is 3.38. The summed E-state index contributed by atoms with van der Waals surface area (Å²) in [7, 11) is 0. The largest absolute Gasteiger partial charge is 0.476 e. The van der Waals surface area contributed by atoms with Gasteiger partial charge in [0.15, 0.2) is 5.69 Å². The van der Waals surface area contributed by atoms with Gasteiger partial charge in [-0.3, -0.25) is 0 Å². The van der Waals surface area contributed by atoms with Crippen molar-refractivity contribution in [1.82, 2.24) is 15.3 Å². The zero-order chi connectivity index (χ0) is 12.3. The van der Waals surface area contributed by atoms with Gasteiger partial charge in [-0.1, -0.05) is 0 Å². The number of piperidine rings is 1. The molecule has 17 heavy (non-hydrogen) atoms. The number of rotatable bonds is 3. The maximum atomic E-state index is 10.8. The van der Waals surface area contributed by atoms with Gasteiger partial charge in [0.1, 0.15) is 6.10 Å². The van der Waals surface area contributed by atoms with E-state index in [1.54, 1.807) is 6.92 Å². The molecule has 92 valence electrons. The van der Waals surface area contributed by atoms with Crippen molar-refractivity contribution in [3.63, 3.8) is 0 Å². The number of aryl methyl sites for hydroxylation is 1. The predicted octanol–water partition coefficient (Wildman–Crippen LogP) is 0.614. The first-order valence-electron chi connectivity index (χ1n) is 5.61. The third-order valence-electron chi connectivity index (χ3n) is 2.70. The summed E-state index contributed by atoms with van der Waals surface area (Å²) >= 11 is 0. The molecule has 1 aromatic heterocycles. The molecule has 1 aliphatic heterocycles. The average Bonchev–Trinajstić information content (AvgIpc) is 2.30. The third-order valence-corrected chi connectivity index (χ3v) is 2.70. The van der Waals surface area contributed by atoms with Gasteiger partial charge in [-0.25, -0.2) is 14.8 Å². The monoisotopic (exact) mass is 237 g/mol. The zero-order valence-electron chi connectivity index (χ0n) is 9.64. The lowest BCUT2D eigenvalue weighted by Crippen LogP contribution is -2.34. The zero-order valence-corrected chi connectivity index (χ0v) is 9.64. The first-order valence-corrected chi connectivity index (χ1v) is 5.61. The van der Waals surface area contributed by atoms with Gasteiger partial charge in [0.2, 0.25) is 5.88 Å². The molecule has 0 aliphatic carbocycles. The van der Waals surface area contributed by atoms with Crippen molar-refractivity contribution >= 4 is 5.97 Å². The summed E-state index contributed by atoms with van der Waals surface area (Å²) in [6, 6.07) is 0. The van der Waals surface area contributed by atoms with E-state index in [1.807, 2.05) is 0 Å². The highest BCUT2D eigenvalue weighted by Gasteiger charge is 2.17. The molecule has 0 aromatic carbocycles. The number of carboxylic acids is 1. The molecule has 0 unspecified atom stereocenters. The second-order valence-electron chi connectivity index (χ2n) is 4.01. The molecular formula is C11H15N3O3. The molecule has 6 heteroatoms. The summed E-state index contributed by atoms with van der Waals surface area (Å²) in [4.78, 5) is 18.7. The molecule has 0 bridgehead atoms. The quantitative estimate of drug-likeness (QED) is 0.801. The van der Waals surface area contributed by atoms with Crippen LogP contribution < -0.4 is 10.1 Å². The second kappa shape index (κ2) is 5.09. The first-order chi connectivity index (χ1) is 8.16. The fourth-order valence-corrected chi connectivity index (χ4v) is 1.81. The van der Waals surface area contributed by atoms with Crippen LogP contribution in [0.4, 0.5) is 0 Å². The van der Waals surface area contributed by atoms with E-state index in [4.69, 9.17) is 9.84 Å². The molecule has 0 radical (unpaired) electrons. The van der Waals surface area contributed by atoms with E-state index in [0.29, 0.717) is 11.6 Å². The number of carboxylic acid groups (broad SMARTS) is 1. The van der Waals surface area contributed by atoms with E-state index in [2.05, 4.69) is 15.3 Å². The maximum Gasteiger partial charge on any atom is 0.356 e. The lowest BCUT2D eigenvalue weighted by Gasteiger charge is -2.23. The Morgan fingerprint density at radius 1 is 1.53 bits per heavy atom. The molecule has 0 spiro atoms. The lowest BCUT2D eigenvalue weighted by atomic mass is 10.1. The van der Waals surface area contributed by atoms with Crippen molar-refractivity contribution < 1.29 is 14.6 Å². The van der Waals surface area contributed by atoms with E-state index >= 15 is 0 Å². The van der Waals surface area contributed by atoms with E-state index in [-0.39, 0.29) is 11.8 Å². The van der Waals surface area contributed by atoms with Gasteiger partial charge in [-0.15, -0.1) is 0 Å². The van der Waals surface area contributed by atoms with Gasteiger partial charge in [0.25, 0.3) is 0 Å². The summed E-state index contributed by atoms with van der Waals surface area (Å²) < 4.78 is 5.66. The van der Waals surface area contributed by atoms with Crippen LogP contribution in [0.3, 0.4) is 0 Å². The van der Waals surface area contributed by atoms with Gasteiger partial charge >= 0.3 is 5.97 Å². The van der Waals surface area contributed by atoms with E-state index in [0.717, 1.165) is 25.9 Å². The van der Waals surface area contributed by atoms with Crippen LogP contribution in [-0.2, 0) is 0 Å². The Labute approximate surface area is 99.0 Å². The minimum absolute atomic E-state index is 0.0253. The number of hydrogen-bond donors (Lipinski definition) is 2. The normalized spacial score (nSPS) is 16.8. The van der Waals surface area contributed by atoms with Gasteiger partial charge in [-0.2, -0.15) is 0 Å². The maximum absolute atomic E-state index is 10.8. The van der Waals surface area contributed by atoms with E-state index in [1.165, 1.54) is 6.20 Å². The van der Waals surface area contributed by atoms with Gasteiger partial charge in [0, 0.05) is 0 Å². The molecule has 2 rings (SSSR count). The van der Waals surface area contributed by atoms with Crippen LogP contribution in [0, 0.1) is 6.92 Å². The number of ether oxygens (including phenoxy) is 1. The highest BCUT2D eigenvalue weighted by Crippen LogP contribution is 2.14. The molecule has 2 heterocycles. The van der Waals surface area contributed by atoms with Crippen molar-refractivity contribution in [3.8, 4) is 5.88 Å². The van der Waals surface area contributed by atoms with Crippen LogP contribution in [-0.4, -0.2) is 40.2 Å². The Bertz CT molecular complexity index is 416. The molecule has 0 amide bonds.